The summed E-state index contributed by atoms with van der Waals surface area (Å²) in [5.41, 5.74) is 0.753. The van der Waals surface area contributed by atoms with Gasteiger partial charge in [0.25, 0.3) is 0 Å². The molecule has 1 rings (SSSR count). The molecule has 0 N–H and O–H groups in total. The van der Waals surface area contributed by atoms with Crippen LogP contribution in [-0.4, -0.2) is 10.8 Å². The van der Waals surface area contributed by atoms with Gasteiger partial charge in [0.2, 0.25) is 0 Å². The van der Waals surface area contributed by atoms with Gasteiger partial charge in [0, 0.05) is 5.56 Å². The van der Waals surface area contributed by atoms with Gasteiger partial charge in [-0.2, -0.15) is 5.26 Å². The van der Waals surface area contributed by atoms with Crippen molar-refractivity contribution in [3.8, 4) is 6.07 Å². The van der Waals surface area contributed by atoms with E-state index in [9.17, 15) is 9.90 Å². The predicted molar refractivity (Wildman–Crippen MR) is 52.8 cm³/mol. The van der Waals surface area contributed by atoms with E-state index < -0.39 is 5.97 Å². The molecule has 0 spiro atoms. The average molecular weight is 253 g/mol. The lowest BCUT2D eigenvalue weighted by Crippen LogP contribution is -2.24. The Morgan fingerprint density at radius 1 is 1.57 bits per heavy atom. The molecular weight excluding hydrogens is 246 g/mol. The molecule has 1 aromatic rings. The van der Waals surface area contributed by atoms with Crippen LogP contribution in [-0.2, 0) is 6.42 Å². The molecule has 0 aromatic heterocycles. The summed E-state index contributed by atoms with van der Waals surface area (Å²) < 4.78 is 0. The number of rotatable bonds is 3. The zero-order chi connectivity index (χ0) is 10.6. The average Bonchev–Trinajstić information content (AvgIpc) is 2.18. The van der Waals surface area contributed by atoms with Gasteiger partial charge < -0.3 is 9.90 Å². The highest BCUT2D eigenvalue weighted by Gasteiger charge is 2.07. The fraction of sp³-hybridized carbons (Fsp3) is 0.200. The van der Waals surface area contributed by atoms with E-state index in [1.165, 1.54) is 6.07 Å². The quantitative estimate of drug-likeness (QED) is 0.751. The Morgan fingerprint density at radius 3 is 2.79 bits per heavy atom. The lowest BCUT2D eigenvalue weighted by Gasteiger charge is -2.09. The second-order valence-corrected chi connectivity index (χ2v) is 3.85. The minimum atomic E-state index is -1.21. The first-order chi connectivity index (χ1) is 6.65. The van der Waals surface area contributed by atoms with E-state index in [1.807, 2.05) is 6.07 Å². The molecule has 1 atom stereocenters. The van der Waals surface area contributed by atoms with Crippen LogP contribution in [0, 0.1) is 11.3 Å². The molecule has 0 fully saturated rings. The number of hydrogen-bond donors (Lipinski definition) is 0. The van der Waals surface area contributed by atoms with Crippen molar-refractivity contribution in [3.63, 3.8) is 0 Å². The molecular formula is C10H7BrNO2-. The van der Waals surface area contributed by atoms with Crippen molar-refractivity contribution in [2.45, 2.75) is 11.2 Å². The fourth-order valence-corrected chi connectivity index (χ4v) is 1.48. The molecule has 14 heavy (non-hydrogen) atoms. The standard InChI is InChI=1S/C10H8BrNO2/c11-8(6-12)5-7-3-1-2-4-9(7)10(13)14/h1-4,8H,5H2,(H,13,14)/p-1/t8-/m1/s1. The summed E-state index contributed by atoms with van der Waals surface area (Å²) in [6.07, 6.45) is 0.362. The van der Waals surface area contributed by atoms with Crippen molar-refractivity contribution in [1.82, 2.24) is 0 Å². The van der Waals surface area contributed by atoms with E-state index >= 15 is 0 Å². The van der Waals surface area contributed by atoms with E-state index in [4.69, 9.17) is 5.26 Å². The number of halogens is 1. The van der Waals surface area contributed by atoms with Gasteiger partial charge in [-0.15, -0.1) is 0 Å². The molecule has 0 heterocycles. The maximum Gasteiger partial charge on any atom is 0.105 e. The first kappa shape index (κ1) is 10.7. The summed E-state index contributed by atoms with van der Waals surface area (Å²) in [5.74, 6) is -1.21. The maximum absolute atomic E-state index is 10.7. The molecule has 4 heteroatoms. The van der Waals surface area contributed by atoms with Gasteiger partial charge in [-0.3, -0.25) is 0 Å². The topological polar surface area (TPSA) is 63.9 Å². The number of alkyl halides is 1. The van der Waals surface area contributed by atoms with Crippen LogP contribution in [0.15, 0.2) is 24.3 Å². The first-order valence-electron chi connectivity index (χ1n) is 3.98. The third-order valence-corrected chi connectivity index (χ3v) is 2.30. The minimum Gasteiger partial charge on any atom is -0.545 e. The zero-order valence-electron chi connectivity index (χ0n) is 7.24. The first-order valence-corrected chi connectivity index (χ1v) is 4.89. The van der Waals surface area contributed by atoms with Crippen LogP contribution in [0.2, 0.25) is 0 Å². The van der Waals surface area contributed by atoms with Crippen molar-refractivity contribution in [2.24, 2.45) is 0 Å². The van der Waals surface area contributed by atoms with Crippen molar-refractivity contribution < 1.29 is 9.90 Å². The zero-order valence-corrected chi connectivity index (χ0v) is 8.82. The van der Waals surface area contributed by atoms with Crippen LogP contribution in [0.5, 0.6) is 0 Å². The molecule has 0 aliphatic rings. The Hall–Kier alpha value is -1.34. The van der Waals surface area contributed by atoms with Crippen LogP contribution < -0.4 is 5.11 Å². The number of benzene rings is 1. The summed E-state index contributed by atoms with van der Waals surface area (Å²) in [5, 5.41) is 19.2. The van der Waals surface area contributed by atoms with E-state index in [0.717, 1.165) is 0 Å². The largest absolute Gasteiger partial charge is 0.545 e. The molecule has 0 radical (unpaired) electrons. The monoisotopic (exact) mass is 252 g/mol. The smallest absolute Gasteiger partial charge is 0.105 e. The number of carboxylic acid groups (broad SMARTS) is 1. The van der Waals surface area contributed by atoms with Crippen LogP contribution in [0.3, 0.4) is 0 Å². The van der Waals surface area contributed by atoms with Crippen molar-refractivity contribution in [3.05, 3.63) is 35.4 Å². The third-order valence-electron chi connectivity index (χ3n) is 1.78. The lowest BCUT2D eigenvalue weighted by molar-refractivity contribution is -0.255. The van der Waals surface area contributed by atoms with E-state index in [2.05, 4.69) is 15.9 Å². The van der Waals surface area contributed by atoms with E-state index in [-0.39, 0.29) is 10.4 Å². The molecule has 0 aliphatic heterocycles. The third kappa shape index (κ3) is 2.57. The number of nitriles is 1. The maximum atomic E-state index is 10.7. The second kappa shape index (κ2) is 4.77. The number of aromatic carboxylic acids is 1. The SMILES string of the molecule is N#C[C@H](Br)Cc1ccccc1C(=O)[O-]. The van der Waals surface area contributed by atoms with E-state index in [1.54, 1.807) is 18.2 Å². The summed E-state index contributed by atoms with van der Waals surface area (Å²) in [6.45, 7) is 0. The van der Waals surface area contributed by atoms with Crippen molar-refractivity contribution in [2.75, 3.05) is 0 Å². The Kier molecular flexibility index (Phi) is 3.66. The van der Waals surface area contributed by atoms with Crippen molar-refractivity contribution in [1.29, 1.82) is 5.26 Å². The molecule has 0 bridgehead atoms. The van der Waals surface area contributed by atoms with Crippen LogP contribution >= 0.6 is 15.9 Å². The number of carbonyl (C=O) groups excluding carboxylic acids is 1. The number of carbonyl (C=O) groups is 1. The highest BCUT2D eigenvalue weighted by molar-refractivity contribution is 9.09. The van der Waals surface area contributed by atoms with Gasteiger partial charge in [-0.1, -0.05) is 40.2 Å². The normalized spacial score (nSPS) is 11.7. The van der Waals surface area contributed by atoms with Gasteiger partial charge in [0.1, 0.15) is 4.83 Å². The lowest BCUT2D eigenvalue weighted by atomic mass is 10.0. The summed E-state index contributed by atoms with van der Waals surface area (Å²) in [7, 11) is 0. The summed E-state index contributed by atoms with van der Waals surface area (Å²) in [4.78, 5) is 10.3. The molecule has 0 aliphatic carbocycles. The Balaban J connectivity index is 2.97. The van der Waals surface area contributed by atoms with Crippen LogP contribution in [0.25, 0.3) is 0 Å². The van der Waals surface area contributed by atoms with Gasteiger partial charge in [0.05, 0.1) is 12.0 Å². The Bertz CT molecular complexity index is 384. The van der Waals surface area contributed by atoms with Gasteiger partial charge in [0.15, 0.2) is 0 Å². The number of hydrogen-bond acceptors (Lipinski definition) is 3. The number of nitrogens with zero attached hydrogens (tertiary/aromatic N) is 1. The molecule has 0 unspecified atom stereocenters. The molecule has 3 nitrogen and oxygen atoms in total. The molecule has 0 saturated heterocycles. The van der Waals surface area contributed by atoms with Crippen LogP contribution in [0.4, 0.5) is 0 Å². The minimum absolute atomic E-state index is 0.146. The molecule has 0 amide bonds. The Labute approximate surface area is 90.1 Å². The van der Waals surface area contributed by atoms with Crippen molar-refractivity contribution >= 4 is 21.9 Å². The van der Waals surface area contributed by atoms with Gasteiger partial charge in [-0.05, 0) is 12.0 Å². The summed E-state index contributed by atoms with van der Waals surface area (Å²) in [6, 6.07) is 8.50. The fourth-order valence-electron chi connectivity index (χ4n) is 1.14. The van der Waals surface area contributed by atoms with Crippen LogP contribution in [0.1, 0.15) is 15.9 Å². The second-order valence-electron chi connectivity index (χ2n) is 2.75. The molecule has 1 aromatic carbocycles. The van der Waals surface area contributed by atoms with E-state index in [0.29, 0.717) is 12.0 Å². The predicted octanol–water partition coefficient (Wildman–Crippen LogP) is 0.880. The highest BCUT2D eigenvalue weighted by atomic mass is 79.9. The molecule has 0 saturated carbocycles. The van der Waals surface area contributed by atoms with Gasteiger partial charge >= 0.3 is 0 Å². The summed E-state index contributed by atoms with van der Waals surface area (Å²) >= 11 is 3.12. The highest BCUT2D eigenvalue weighted by Crippen LogP contribution is 2.13. The van der Waals surface area contributed by atoms with Gasteiger partial charge in [-0.25, -0.2) is 0 Å². The Morgan fingerprint density at radius 2 is 2.21 bits per heavy atom. The number of carboxylic acids is 1. The molecule has 72 valence electrons.